The lowest BCUT2D eigenvalue weighted by atomic mass is 10.1. The van der Waals surface area contributed by atoms with E-state index in [9.17, 15) is 0 Å². The van der Waals surface area contributed by atoms with E-state index in [4.69, 9.17) is 15.7 Å². The second kappa shape index (κ2) is 8.35. The number of nitrogens with two attached hydrogens (primary N) is 1. The van der Waals surface area contributed by atoms with Crippen LogP contribution in [0.1, 0.15) is 26.7 Å². The zero-order chi connectivity index (χ0) is 14.3. The van der Waals surface area contributed by atoms with Gasteiger partial charge < -0.3 is 15.7 Å². The van der Waals surface area contributed by atoms with Crippen LogP contribution >= 0.6 is 0 Å². The monoisotopic (exact) mass is 272 g/mol. The van der Waals surface area contributed by atoms with Gasteiger partial charge in [0.2, 0.25) is 0 Å². The summed E-state index contributed by atoms with van der Waals surface area (Å²) in [5.41, 5.74) is 5.80. The highest BCUT2D eigenvalue weighted by Crippen LogP contribution is 2.12. The van der Waals surface area contributed by atoms with Crippen LogP contribution in [0.3, 0.4) is 0 Å². The molecule has 1 aliphatic rings. The Bertz CT molecular complexity index is 278. The van der Waals surface area contributed by atoms with Crippen LogP contribution in [0.5, 0.6) is 0 Å². The highest BCUT2D eigenvalue weighted by molar-refractivity contribution is 5.85. The maximum Gasteiger partial charge on any atom is 0.156 e. The summed E-state index contributed by atoms with van der Waals surface area (Å²) in [7, 11) is 1.75. The van der Waals surface area contributed by atoms with Crippen molar-refractivity contribution in [1.82, 2.24) is 9.80 Å². The fraction of sp³-hybridized carbons (Fsp3) is 0.923. The zero-order valence-corrected chi connectivity index (χ0v) is 12.4. The molecule has 6 nitrogen and oxygen atoms in total. The van der Waals surface area contributed by atoms with Crippen molar-refractivity contribution in [2.45, 2.75) is 38.8 Å². The molecule has 0 amide bonds. The molecule has 19 heavy (non-hydrogen) atoms. The highest BCUT2D eigenvalue weighted by Gasteiger charge is 2.26. The van der Waals surface area contributed by atoms with Crippen molar-refractivity contribution in [3.63, 3.8) is 0 Å². The number of hydrogen-bond acceptors (Lipinski definition) is 5. The van der Waals surface area contributed by atoms with Gasteiger partial charge in [-0.25, -0.2) is 0 Å². The first-order chi connectivity index (χ1) is 9.12. The van der Waals surface area contributed by atoms with Crippen LogP contribution in [0.15, 0.2) is 5.16 Å². The number of oxime groups is 1. The maximum absolute atomic E-state index is 8.87. The van der Waals surface area contributed by atoms with Gasteiger partial charge in [-0.3, -0.25) is 9.80 Å². The van der Waals surface area contributed by atoms with Crippen molar-refractivity contribution in [3.8, 4) is 0 Å². The molecule has 1 aliphatic heterocycles. The predicted octanol–water partition coefficient (Wildman–Crippen LogP) is 0.554. The van der Waals surface area contributed by atoms with E-state index in [1.165, 1.54) is 0 Å². The third kappa shape index (κ3) is 4.97. The lowest BCUT2D eigenvalue weighted by Crippen LogP contribution is -2.55. The van der Waals surface area contributed by atoms with Gasteiger partial charge in [-0.1, -0.05) is 18.5 Å². The summed E-state index contributed by atoms with van der Waals surface area (Å²) < 4.78 is 5.29. The van der Waals surface area contributed by atoms with Gasteiger partial charge in [0.25, 0.3) is 0 Å². The summed E-state index contributed by atoms with van der Waals surface area (Å²) in [5.74, 6) is 0.334. The summed E-state index contributed by atoms with van der Waals surface area (Å²) in [6, 6.07) is 0.0667. The molecule has 1 fully saturated rings. The Balaban J connectivity index is 2.46. The normalized spacial score (nSPS) is 22.4. The van der Waals surface area contributed by atoms with E-state index in [-0.39, 0.29) is 12.1 Å². The second-order valence-corrected chi connectivity index (χ2v) is 5.21. The van der Waals surface area contributed by atoms with Gasteiger partial charge in [-0.05, 0) is 13.3 Å². The third-order valence-electron chi connectivity index (χ3n) is 3.78. The third-order valence-corrected chi connectivity index (χ3v) is 3.78. The van der Waals surface area contributed by atoms with Gasteiger partial charge in [0.1, 0.15) is 0 Å². The number of amidine groups is 1. The van der Waals surface area contributed by atoms with E-state index >= 15 is 0 Å². The number of hydrogen-bond donors (Lipinski definition) is 2. The van der Waals surface area contributed by atoms with E-state index in [2.05, 4.69) is 28.8 Å². The first-order valence-corrected chi connectivity index (χ1v) is 7.09. The molecule has 3 N–H and O–H groups in total. The van der Waals surface area contributed by atoms with Crippen molar-refractivity contribution in [1.29, 1.82) is 0 Å². The van der Waals surface area contributed by atoms with Gasteiger partial charge >= 0.3 is 0 Å². The van der Waals surface area contributed by atoms with E-state index in [1.54, 1.807) is 7.11 Å². The van der Waals surface area contributed by atoms with Crippen molar-refractivity contribution >= 4 is 5.84 Å². The summed E-state index contributed by atoms with van der Waals surface area (Å²) in [4.78, 5) is 4.71. The van der Waals surface area contributed by atoms with Gasteiger partial charge in [0.05, 0.1) is 12.1 Å². The minimum Gasteiger partial charge on any atom is -0.409 e. The molecule has 0 aromatic heterocycles. The number of rotatable bonds is 7. The standard InChI is InChI=1S/C13H28N4O2/c1-4-5-12(13(14)15-18)17-8-6-16(7-9-17)10-11(2)19-3/h11-12,18H,4-10H2,1-3H3,(H2,14,15). The fourth-order valence-electron chi connectivity index (χ4n) is 2.55. The van der Waals surface area contributed by atoms with Gasteiger partial charge in [0, 0.05) is 39.8 Å². The lowest BCUT2D eigenvalue weighted by molar-refractivity contribution is 0.0473. The molecular formula is C13H28N4O2. The summed E-state index contributed by atoms with van der Waals surface area (Å²) in [6.45, 7) is 9.09. The first-order valence-electron chi connectivity index (χ1n) is 7.09. The number of ether oxygens (including phenoxy) is 1. The topological polar surface area (TPSA) is 74.3 Å². The zero-order valence-electron chi connectivity index (χ0n) is 12.4. The Kier molecular flexibility index (Phi) is 7.12. The molecule has 0 saturated carbocycles. The first kappa shape index (κ1) is 16.2. The largest absolute Gasteiger partial charge is 0.409 e. The average Bonchev–Trinajstić information content (AvgIpc) is 2.45. The second-order valence-electron chi connectivity index (χ2n) is 5.21. The van der Waals surface area contributed by atoms with Crippen LogP contribution < -0.4 is 5.73 Å². The molecule has 2 unspecified atom stereocenters. The van der Waals surface area contributed by atoms with Crippen LogP contribution in [0, 0.1) is 0 Å². The molecule has 1 heterocycles. The Morgan fingerprint density at radius 3 is 2.47 bits per heavy atom. The molecular weight excluding hydrogens is 244 g/mol. The smallest absolute Gasteiger partial charge is 0.156 e. The van der Waals surface area contributed by atoms with Gasteiger partial charge in [-0.15, -0.1) is 0 Å². The Labute approximate surface area is 116 Å². The molecule has 0 radical (unpaired) electrons. The van der Waals surface area contributed by atoms with Crippen LogP contribution in [0.4, 0.5) is 0 Å². The number of methoxy groups -OCH3 is 1. The van der Waals surface area contributed by atoms with Crippen molar-refractivity contribution in [2.75, 3.05) is 39.8 Å². The summed E-state index contributed by atoms with van der Waals surface area (Å²) in [5, 5.41) is 12.1. The van der Waals surface area contributed by atoms with Crippen molar-refractivity contribution in [2.24, 2.45) is 10.9 Å². The minimum atomic E-state index is 0.0667. The molecule has 0 spiro atoms. The molecule has 0 bridgehead atoms. The molecule has 1 saturated heterocycles. The van der Waals surface area contributed by atoms with Crippen molar-refractivity contribution < 1.29 is 9.94 Å². The van der Waals surface area contributed by atoms with Crippen LogP contribution in [-0.2, 0) is 4.74 Å². The maximum atomic E-state index is 8.87. The van der Waals surface area contributed by atoms with E-state index < -0.39 is 0 Å². The highest BCUT2D eigenvalue weighted by atomic mass is 16.5. The number of piperazine rings is 1. The molecule has 0 aromatic rings. The summed E-state index contributed by atoms with van der Waals surface area (Å²) >= 11 is 0. The minimum absolute atomic E-state index is 0.0667. The van der Waals surface area contributed by atoms with E-state index in [1.807, 2.05) is 0 Å². The van der Waals surface area contributed by atoms with E-state index in [0.29, 0.717) is 5.84 Å². The van der Waals surface area contributed by atoms with Crippen LogP contribution in [0.25, 0.3) is 0 Å². The summed E-state index contributed by atoms with van der Waals surface area (Å²) in [6.07, 6.45) is 2.23. The Hall–Kier alpha value is -0.850. The average molecular weight is 272 g/mol. The Morgan fingerprint density at radius 1 is 1.37 bits per heavy atom. The fourth-order valence-corrected chi connectivity index (χ4v) is 2.55. The Morgan fingerprint density at radius 2 is 2.00 bits per heavy atom. The van der Waals surface area contributed by atoms with Gasteiger partial charge in [0.15, 0.2) is 5.84 Å². The molecule has 1 rings (SSSR count). The lowest BCUT2D eigenvalue weighted by Gasteiger charge is -2.39. The van der Waals surface area contributed by atoms with Crippen LogP contribution in [-0.4, -0.2) is 72.8 Å². The molecule has 0 aromatic carbocycles. The van der Waals surface area contributed by atoms with Crippen LogP contribution in [0.2, 0.25) is 0 Å². The van der Waals surface area contributed by atoms with E-state index in [0.717, 1.165) is 45.6 Å². The SMILES string of the molecule is CCCC(C(N)=NO)N1CCN(CC(C)OC)CC1. The quantitative estimate of drug-likeness (QED) is 0.306. The molecule has 2 atom stereocenters. The molecule has 6 heteroatoms. The van der Waals surface area contributed by atoms with Gasteiger partial charge in [-0.2, -0.15) is 0 Å². The van der Waals surface area contributed by atoms with Crippen molar-refractivity contribution in [3.05, 3.63) is 0 Å². The number of nitrogens with zero attached hydrogens (tertiary/aromatic N) is 3. The molecule has 112 valence electrons. The molecule has 0 aliphatic carbocycles. The predicted molar refractivity (Wildman–Crippen MR) is 76.6 cm³/mol.